The number of aryl methyl sites for hydroxylation is 2. The minimum Gasteiger partial charge on any atom is -0.357 e. The molecule has 2 unspecified atom stereocenters. The Morgan fingerprint density at radius 3 is 2.71 bits per heavy atom. The van der Waals surface area contributed by atoms with E-state index in [-0.39, 0.29) is 29.0 Å². The third kappa shape index (κ3) is 2.81. The number of H-pyrrole nitrogens is 1. The van der Waals surface area contributed by atoms with Gasteiger partial charge in [-0.2, -0.15) is 5.10 Å². The van der Waals surface area contributed by atoms with Gasteiger partial charge in [-0.3, -0.25) is 4.68 Å². The predicted molar refractivity (Wildman–Crippen MR) is 118 cm³/mol. The summed E-state index contributed by atoms with van der Waals surface area (Å²) < 4.78 is 16.5. The van der Waals surface area contributed by atoms with Crippen molar-refractivity contribution in [2.45, 2.75) is 55.6 Å². The molecule has 0 bridgehead atoms. The molecule has 1 aliphatic carbocycles. The lowest BCUT2D eigenvalue weighted by molar-refractivity contribution is -0.156. The van der Waals surface area contributed by atoms with E-state index in [0.29, 0.717) is 10.8 Å². The summed E-state index contributed by atoms with van der Waals surface area (Å²) in [6.07, 6.45) is 3.07. The zero-order valence-corrected chi connectivity index (χ0v) is 19.7. The summed E-state index contributed by atoms with van der Waals surface area (Å²) in [5, 5.41) is 5.88. The van der Waals surface area contributed by atoms with Crippen molar-refractivity contribution >= 4 is 49.6 Å². The topological polar surface area (TPSA) is 95.7 Å². The van der Waals surface area contributed by atoms with Crippen LogP contribution in [0.1, 0.15) is 37.3 Å². The first kappa shape index (κ1) is 19.7. The van der Waals surface area contributed by atoms with E-state index in [9.17, 15) is 0 Å². The van der Waals surface area contributed by atoms with Gasteiger partial charge in [-0.05, 0) is 26.8 Å². The number of aromatic nitrogens is 7. The number of ether oxygens (including phenoxy) is 2. The lowest BCUT2D eigenvalue weighted by atomic mass is 10.0. The fraction of sp³-hybridized carbons (Fsp3) is 0.500. The maximum absolute atomic E-state index is 6.54. The monoisotopic (exact) mass is 505 g/mol. The molecule has 0 aromatic carbocycles. The number of nitrogens with zero attached hydrogens (tertiary/aromatic N) is 6. The number of nitrogens with one attached hydrogen (secondary N) is 1. The molecular formula is C20H21BrClN7O2. The summed E-state index contributed by atoms with van der Waals surface area (Å²) in [5.74, 6) is -0.0812. The largest absolute Gasteiger partial charge is 0.357 e. The molecule has 0 spiro atoms. The van der Waals surface area contributed by atoms with Crippen LogP contribution in [0.25, 0.3) is 22.1 Å². The number of fused-ring (bicyclic) bond motifs is 4. The van der Waals surface area contributed by atoms with E-state index < -0.39 is 5.79 Å². The summed E-state index contributed by atoms with van der Waals surface area (Å²) in [7, 11) is 1.86. The van der Waals surface area contributed by atoms with Crippen LogP contribution in [0.3, 0.4) is 0 Å². The van der Waals surface area contributed by atoms with E-state index >= 15 is 0 Å². The number of imidazole rings is 1. The van der Waals surface area contributed by atoms with Crippen LogP contribution in [0.15, 0.2) is 18.7 Å². The molecule has 31 heavy (non-hydrogen) atoms. The van der Waals surface area contributed by atoms with Crippen LogP contribution in [0.2, 0.25) is 5.15 Å². The van der Waals surface area contributed by atoms with Crippen LogP contribution in [0.4, 0.5) is 0 Å². The van der Waals surface area contributed by atoms with Gasteiger partial charge in [-0.1, -0.05) is 27.5 Å². The second-order valence-corrected chi connectivity index (χ2v) is 10.2. The second kappa shape index (κ2) is 6.50. The Kier molecular flexibility index (Phi) is 4.12. The smallest absolute Gasteiger partial charge is 0.164 e. The molecule has 2 aliphatic rings. The van der Waals surface area contributed by atoms with Crippen molar-refractivity contribution in [1.82, 2.24) is 34.3 Å². The fourth-order valence-corrected chi connectivity index (χ4v) is 6.32. The molecule has 11 heteroatoms. The highest BCUT2D eigenvalue weighted by Gasteiger charge is 2.60. The van der Waals surface area contributed by atoms with Crippen molar-refractivity contribution in [3.63, 3.8) is 0 Å². The highest BCUT2D eigenvalue weighted by molar-refractivity contribution is 9.09. The van der Waals surface area contributed by atoms with Crippen molar-refractivity contribution in [2.75, 3.05) is 0 Å². The van der Waals surface area contributed by atoms with Crippen LogP contribution in [0, 0.1) is 6.92 Å². The Morgan fingerprint density at radius 1 is 1.19 bits per heavy atom. The molecule has 1 saturated carbocycles. The normalized spacial score (nSPS) is 29.9. The zero-order chi connectivity index (χ0) is 21.7. The molecule has 1 saturated heterocycles. The number of alkyl halides is 1. The molecule has 1 N–H and O–H groups in total. The maximum Gasteiger partial charge on any atom is 0.164 e. The quantitative estimate of drug-likeness (QED) is 0.329. The minimum atomic E-state index is -0.709. The molecule has 5 heterocycles. The van der Waals surface area contributed by atoms with Crippen LogP contribution in [0.5, 0.6) is 0 Å². The lowest BCUT2D eigenvalue weighted by Gasteiger charge is -2.27. The van der Waals surface area contributed by atoms with Gasteiger partial charge >= 0.3 is 0 Å². The first-order chi connectivity index (χ1) is 14.7. The molecule has 9 nitrogen and oxygen atoms in total. The van der Waals surface area contributed by atoms with Crippen molar-refractivity contribution in [1.29, 1.82) is 0 Å². The molecule has 162 valence electrons. The van der Waals surface area contributed by atoms with E-state index in [1.165, 1.54) is 0 Å². The molecule has 0 radical (unpaired) electrons. The van der Waals surface area contributed by atoms with E-state index in [4.69, 9.17) is 31.0 Å². The van der Waals surface area contributed by atoms with Crippen molar-refractivity contribution in [2.24, 2.45) is 7.05 Å². The predicted octanol–water partition coefficient (Wildman–Crippen LogP) is 3.63. The average molecular weight is 507 g/mol. The van der Waals surface area contributed by atoms with E-state index in [2.05, 4.69) is 31.0 Å². The van der Waals surface area contributed by atoms with Crippen molar-refractivity contribution in [3.8, 4) is 0 Å². The molecule has 4 aromatic rings. The van der Waals surface area contributed by atoms with E-state index in [1.807, 2.05) is 44.8 Å². The minimum absolute atomic E-state index is 0.0555. The SMILES string of the molecule is Cc1cc2c(Cl)nc3c(ncn3C3[C@@H](Br)C(c4ncn(C)n4)[C@H]4OC(C)(C)O[C@@H]34)c2[nH]1. The standard InChI is InChI=1S/C20H21BrClN7O2/c1-8-5-9-12(25-8)13-19(26-17(9)22)29(7-23-13)14-11(21)10(18-24-6-28(4)27-18)15-16(14)31-20(2,3)30-15/h5-7,10-11,14-16,25H,1-4H3/t10?,11-,14?,15+,16-/m0/s1. The number of aromatic amines is 1. The molecule has 2 fully saturated rings. The maximum atomic E-state index is 6.54. The summed E-state index contributed by atoms with van der Waals surface area (Å²) in [6.45, 7) is 5.85. The van der Waals surface area contributed by atoms with Gasteiger partial charge in [0.05, 0.1) is 28.6 Å². The highest BCUT2D eigenvalue weighted by atomic mass is 79.9. The second-order valence-electron chi connectivity index (χ2n) is 8.77. The van der Waals surface area contributed by atoms with Gasteiger partial charge in [0.2, 0.25) is 0 Å². The van der Waals surface area contributed by atoms with Gasteiger partial charge < -0.3 is 19.0 Å². The summed E-state index contributed by atoms with van der Waals surface area (Å²) in [5.41, 5.74) is 3.38. The van der Waals surface area contributed by atoms with E-state index in [1.54, 1.807) is 11.0 Å². The third-order valence-corrected chi connectivity index (χ3v) is 7.54. The number of pyridine rings is 1. The van der Waals surface area contributed by atoms with Gasteiger partial charge in [0.1, 0.15) is 29.2 Å². The Balaban J connectivity index is 1.52. The average Bonchev–Trinajstić information content (AvgIpc) is 3.46. The lowest BCUT2D eigenvalue weighted by Crippen LogP contribution is -2.31. The number of hydrogen-bond donors (Lipinski definition) is 1. The third-order valence-electron chi connectivity index (χ3n) is 6.14. The first-order valence-corrected chi connectivity index (χ1v) is 11.4. The van der Waals surface area contributed by atoms with Gasteiger partial charge in [-0.15, -0.1) is 0 Å². The van der Waals surface area contributed by atoms with Crippen LogP contribution in [-0.4, -0.2) is 57.1 Å². The summed E-state index contributed by atoms with van der Waals surface area (Å²) in [4.78, 5) is 17.2. The van der Waals surface area contributed by atoms with Gasteiger partial charge in [0, 0.05) is 18.1 Å². The van der Waals surface area contributed by atoms with Gasteiger partial charge in [-0.25, -0.2) is 15.0 Å². The Labute approximate surface area is 191 Å². The Morgan fingerprint density at radius 2 is 1.97 bits per heavy atom. The van der Waals surface area contributed by atoms with Crippen LogP contribution in [-0.2, 0) is 16.5 Å². The number of halogens is 2. The van der Waals surface area contributed by atoms with Crippen LogP contribution >= 0.6 is 27.5 Å². The van der Waals surface area contributed by atoms with E-state index in [0.717, 1.165) is 27.9 Å². The number of hydrogen-bond acceptors (Lipinski definition) is 6. The van der Waals surface area contributed by atoms with Gasteiger partial charge in [0.25, 0.3) is 0 Å². The molecule has 0 amide bonds. The zero-order valence-electron chi connectivity index (χ0n) is 17.4. The Bertz CT molecular complexity index is 1330. The first-order valence-electron chi connectivity index (χ1n) is 10.1. The fourth-order valence-electron chi connectivity index (χ4n) is 5.00. The van der Waals surface area contributed by atoms with Crippen molar-refractivity contribution < 1.29 is 9.47 Å². The highest BCUT2D eigenvalue weighted by Crippen LogP contribution is 2.53. The number of rotatable bonds is 2. The summed E-state index contributed by atoms with van der Waals surface area (Å²) in [6, 6.07) is 1.85. The molecular weight excluding hydrogens is 486 g/mol. The summed E-state index contributed by atoms with van der Waals surface area (Å²) >= 11 is 10.5. The molecule has 6 rings (SSSR count). The van der Waals surface area contributed by atoms with Crippen molar-refractivity contribution in [3.05, 3.63) is 35.4 Å². The Hall–Kier alpha value is -2.01. The molecule has 1 aliphatic heterocycles. The molecule has 4 aromatic heterocycles. The van der Waals surface area contributed by atoms with Crippen LogP contribution < -0.4 is 0 Å². The molecule has 5 atom stereocenters. The van der Waals surface area contributed by atoms with Gasteiger partial charge in [0.15, 0.2) is 17.3 Å².